The number of nitrogens with zero attached hydrogens (tertiary/aromatic N) is 2. The number of amides is 1. The molecule has 3 rings (SSSR count). The van der Waals surface area contributed by atoms with Gasteiger partial charge in [0, 0.05) is 37.0 Å². The summed E-state index contributed by atoms with van der Waals surface area (Å²) in [6.45, 7) is 5.47. The van der Waals surface area contributed by atoms with Crippen molar-refractivity contribution < 1.29 is 17.9 Å². The highest BCUT2D eigenvalue weighted by molar-refractivity contribution is 7.89. The first kappa shape index (κ1) is 21.3. The Bertz CT molecular complexity index is 950. The van der Waals surface area contributed by atoms with Gasteiger partial charge in [-0.15, -0.1) is 0 Å². The summed E-state index contributed by atoms with van der Waals surface area (Å²) in [6.07, 6.45) is 2.65. The second-order valence-electron chi connectivity index (χ2n) is 7.65. The number of hydrogen-bond acceptors (Lipinski definition) is 5. The third-order valence-corrected chi connectivity index (χ3v) is 6.92. The normalized spacial score (nSPS) is 20.2. The molecule has 7 nitrogen and oxygen atoms in total. The predicted octanol–water partition coefficient (Wildman–Crippen LogP) is 2.69. The molecule has 0 radical (unpaired) electrons. The molecule has 2 unspecified atom stereocenters. The van der Waals surface area contributed by atoms with E-state index in [1.54, 1.807) is 28.7 Å². The average molecular weight is 418 g/mol. The van der Waals surface area contributed by atoms with Crippen LogP contribution < -0.4 is 10.1 Å². The van der Waals surface area contributed by atoms with Crippen LogP contribution in [0.1, 0.15) is 36.2 Å². The molecule has 1 saturated heterocycles. The lowest BCUT2D eigenvalue weighted by Gasteiger charge is -2.34. The maximum absolute atomic E-state index is 12.9. The van der Waals surface area contributed by atoms with Crippen molar-refractivity contribution in [3.05, 3.63) is 53.7 Å². The summed E-state index contributed by atoms with van der Waals surface area (Å²) >= 11 is 0. The number of carbonyl (C=O) groups excluding carboxylic acids is 1. The van der Waals surface area contributed by atoms with Crippen molar-refractivity contribution in [2.24, 2.45) is 11.8 Å². The minimum Gasteiger partial charge on any atom is -0.481 e. The monoisotopic (exact) mass is 417 g/mol. The number of pyridine rings is 1. The number of piperidine rings is 1. The number of rotatable bonds is 6. The molecular formula is C21H27N3O4S. The second kappa shape index (κ2) is 8.92. The Balaban J connectivity index is 1.68. The SMILES string of the molecule is COc1ncccc1CNC(=O)c1ccc(S(=O)(=O)N2CC(C)CC(C)C2)cc1. The van der Waals surface area contributed by atoms with Gasteiger partial charge in [-0.3, -0.25) is 4.79 Å². The van der Waals surface area contributed by atoms with Crippen LogP contribution in [0.3, 0.4) is 0 Å². The largest absolute Gasteiger partial charge is 0.481 e. The Labute approximate surface area is 172 Å². The van der Waals surface area contributed by atoms with E-state index in [2.05, 4.69) is 24.1 Å². The lowest BCUT2D eigenvalue weighted by molar-refractivity contribution is 0.0950. The van der Waals surface area contributed by atoms with Gasteiger partial charge in [-0.1, -0.05) is 19.9 Å². The summed E-state index contributed by atoms with van der Waals surface area (Å²) in [5.41, 5.74) is 1.16. The van der Waals surface area contributed by atoms with E-state index in [9.17, 15) is 13.2 Å². The van der Waals surface area contributed by atoms with Gasteiger partial charge in [0.25, 0.3) is 5.91 Å². The number of carbonyl (C=O) groups is 1. The number of methoxy groups -OCH3 is 1. The van der Waals surface area contributed by atoms with Crippen LogP contribution in [0, 0.1) is 11.8 Å². The molecule has 0 saturated carbocycles. The second-order valence-corrected chi connectivity index (χ2v) is 9.58. The molecule has 1 aliphatic heterocycles. The quantitative estimate of drug-likeness (QED) is 0.781. The standard InChI is InChI=1S/C21H27N3O4S/c1-15-11-16(2)14-24(13-15)29(26,27)19-8-6-17(7-9-19)20(25)23-12-18-5-4-10-22-21(18)28-3/h4-10,15-16H,11-14H2,1-3H3,(H,23,25). The fourth-order valence-electron chi connectivity index (χ4n) is 3.75. The smallest absolute Gasteiger partial charge is 0.251 e. The highest BCUT2D eigenvalue weighted by Crippen LogP contribution is 2.26. The van der Waals surface area contributed by atoms with Gasteiger partial charge in [-0.25, -0.2) is 13.4 Å². The maximum Gasteiger partial charge on any atom is 0.251 e. The van der Waals surface area contributed by atoms with E-state index in [0.29, 0.717) is 36.4 Å². The molecule has 1 aromatic heterocycles. The van der Waals surface area contributed by atoms with Crippen LogP contribution in [0.5, 0.6) is 5.88 Å². The zero-order chi connectivity index (χ0) is 21.0. The molecule has 8 heteroatoms. The fraction of sp³-hybridized carbons (Fsp3) is 0.429. The van der Waals surface area contributed by atoms with E-state index >= 15 is 0 Å². The van der Waals surface area contributed by atoms with E-state index in [1.807, 2.05) is 6.07 Å². The van der Waals surface area contributed by atoms with Gasteiger partial charge in [0.2, 0.25) is 15.9 Å². The predicted molar refractivity (Wildman–Crippen MR) is 110 cm³/mol. The summed E-state index contributed by atoms with van der Waals surface area (Å²) in [5, 5.41) is 2.80. The van der Waals surface area contributed by atoms with Crippen LogP contribution in [0.15, 0.2) is 47.5 Å². The zero-order valence-corrected chi connectivity index (χ0v) is 17.8. The van der Waals surface area contributed by atoms with Crippen LogP contribution in [0.4, 0.5) is 0 Å². The van der Waals surface area contributed by atoms with Crippen molar-refractivity contribution in [3.63, 3.8) is 0 Å². The van der Waals surface area contributed by atoms with Crippen LogP contribution in [-0.2, 0) is 16.6 Å². The highest BCUT2D eigenvalue weighted by atomic mass is 32.2. The van der Waals surface area contributed by atoms with Crippen molar-refractivity contribution in [3.8, 4) is 5.88 Å². The summed E-state index contributed by atoms with van der Waals surface area (Å²) in [6, 6.07) is 9.67. The molecule has 29 heavy (non-hydrogen) atoms. The zero-order valence-electron chi connectivity index (χ0n) is 17.0. The van der Waals surface area contributed by atoms with Crippen LogP contribution >= 0.6 is 0 Å². The number of aromatic nitrogens is 1. The van der Waals surface area contributed by atoms with E-state index in [1.165, 1.54) is 19.2 Å². The summed E-state index contributed by atoms with van der Waals surface area (Å²) < 4.78 is 32.6. The van der Waals surface area contributed by atoms with Gasteiger partial charge in [0.1, 0.15) is 0 Å². The topological polar surface area (TPSA) is 88.6 Å². The Morgan fingerprint density at radius 2 is 1.83 bits per heavy atom. The van der Waals surface area contributed by atoms with Crippen molar-refractivity contribution >= 4 is 15.9 Å². The van der Waals surface area contributed by atoms with E-state index in [0.717, 1.165) is 12.0 Å². The minimum atomic E-state index is -3.56. The van der Waals surface area contributed by atoms with E-state index in [-0.39, 0.29) is 17.3 Å². The third-order valence-electron chi connectivity index (χ3n) is 5.07. The highest BCUT2D eigenvalue weighted by Gasteiger charge is 2.31. The average Bonchev–Trinajstić information content (AvgIpc) is 2.71. The number of hydrogen-bond donors (Lipinski definition) is 1. The molecule has 1 aliphatic rings. The molecule has 0 spiro atoms. The third kappa shape index (κ3) is 4.94. The van der Waals surface area contributed by atoms with Gasteiger partial charge in [-0.05, 0) is 48.6 Å². The Kier molecular flexibility index (Phi) is 6.54. The molecule has 0 bridgehead atoms. The molecule has 2 aromatic rings. The Hall–Kier alpha value is -2.45. The molecule has 1 fully saturated rings. The number of benzene rings is 1. The molecule has 1 amide bonds. The van der Waals surface area contributed by atoms with Gasteiger partial charge in [0.05, 0.1) is 12.0 Å². The summed E-state index contributed by atoms with van der Waals surface area (Å²) in [4.78, 5) is 16.7. The molecule has 1 aromatic carbocycles. The molecule has 0 aliphatic carbocycles. The molecule has 2 heterocycles. The fourth-order valence-corrected chi connectivity index (χ4v) is 5.43. The van der Waals surface area contributed by atoms with Crippen LogP contribution in [-0.4, -0.2) is 43.8 Å². The van der Waals surface area contributed by atoms with Crippen molar-refractivity contribution in [1.82, 2.24) is 14.6 Å². The van der Waals surface area contributed by atoms with Gasteiger partial charge < -0.3 is 10.1 Å². The maximum atomic E-state index is 12.9. The van der Waals surface area contributed by atoms with Crippen LogP contribution in [0.25, 0.3) is 0 Å². The molecule has 2 atom stereocenters. The van der Waals surface area contributed by atoms with Crippen molar-refractivity contribution in [1.29, 1.82) is 0 Å². The Morgan fingerprint density at radius 1 is 1.17 bits per heavy atom. The number of nitrogens with one attached hydrogen (secondary N) is 1. The molecular weight excluding hydrogens is 390 g/mol. The van der Waals surface area contributed by atoms with Crippen LogP contribution in [0.2, 0.25) is 0 Å². The van der Waals surface area contributed by atoms with Gasteiger partial charge >= 0.3 is 0 Å². The lowest BCUT2D eigenvalue weighted by Crippen LogP contribution is -2.42. The number of ether oxygens (including phenoxy) is 1. The molecule has 1 N–H and O–H groups in total. The van der Waals surface area contributed by atoms with E-state index < -0.39 is 10.0 Å². The summed E-state index contributed by atoms with van der Waals surface area (Å²) in [7, 11) is -2.03. The molecule has 156 valence electrons. The minimum absolute atomic E-state index is 0.212. The first-order valence-corrected chi connectivity index (χ1v) is 11.1. The van der Waals surface area contributed by atoms with E-state index in [4.69, 9.17) is 4.74 Å². The first-order valence-electron chi connectivity index (χ1n) is 9.67. The first-order chi connectivity index (χ1) is 13.8. The lowest BCUT2D eigenvalue weighted by atomic mass is 9.94. The number of sulfonamides is 1. The van der Waals surface area contributed by atoms with Gasteiger partial charge in [-0.2, -0.15) is 4.31 Å². The Morgan fingerprint density at radius 3 is 2.45 bits per heavy atom. The summed E-state index contributed by atoms with van der Waals surface area (Å²) in [5.74, 6) is 0.838. The van der Waals surface area contributed by atoms with Gasteiger partial charge in [0.15, 0.2) is 0 Å². The van der Waals surface area contributed by atoms with Crippen molar-refractivity contribution in [2.75, 3.05) is 20.2 Å². The van der Waals surface area contributed by atoms with Crippen molar-refractivity contribution in [2.45, 2.75) is 31.7 Å².